The van der Waals surface area contributed by atoms with Crippen molar-refractivity contribution in [2.75, 3.05) is 18.4 Å². The van der Waals surface area contributed by atoms with Gasteiger partial charge >= 0.3 is 0 Å². The van der Waals surface area contributed by atoms with Crippen LogP contribution in [0.5, 0.6) is 0 Å². The lowest BCUT2D eigenvalue weighted by molar-refractivity contribution is 0.414. The summed E-state index contributed by atoms with van der Waals surface area (Å²) in [6.07, 6.45) is 1.73. The average Bonchev–Trinajstić information content (AvgIpc) is 2.96. The maximum Gasteiger partial charge on any atom is 0.260 e. The first-order chi connectivity index (χ1) is 9.86. The van der Waals surface area contributed by atoms with Gasteiger partial charge in [-0.1, -0.05) is 20.8 Å². The zero-order valence-electron chi connectivity index (χ0n) is 12.8. The molecule has 0 spiro atoms. The number of fused-ring (bicyclic) bond motifs is 1. The van der Waals surface area contributed by atoms with Crippen LogP contribution in [0.25, 0.3) is 4.96 Å². The van der Waals surface area contributed by atoms with Crippen molar-refractivity contribution in [3.8, 4) is 0 Å². The van der Waals surface area contributed by atoms with Gasteiger partial charge in [0.25, 0.3) is 10.0 Å². The van der Waals surface area contributed by atoms with Gasteiger partial charge in [0, 0.05) is 24.7 Å². The van der Waals surface area contributed by atoms with E-state index in [0.29, 0.717) is 29.8 Å². The summed E-state index contributed by atoms with van der Waals surface area (Å²) in [6.45, 7) is 9.16. The molecule has 1 atom stereocenters. The van der Waals surface area contributed by atoms with Crippen molar-refractivity contribution in [1.82, 2.24) is 14.1 Å². The van der Waals surface area contributed by atoms with Crippen molar-refractivity contribution in [3.63, 3.8) is 0 Å². The molecule has 0 saturated carbocycles. The van der Waals surface area contributed by atoms with Gasteiger partial charge in [0.15, 0.2) is 15.8 Å². The topological polar surface area (TPSA) is 75.5 Å². The largest absolute Gasteiger partial charge is 0.368 e. The number of nitrogens with one attached hydrogen (secondary N) is 2. The van der Waals surface area contributed by atoms with Crippen LogP contribution in [0, 0.1) is 11.8 Å². The van der Waals surface area contributed by atoms with Crippen LogP contribution in [0.3, 0.4) is 0 Å². The molecule has 2 N–H and O–H groups in total. The van der Waals surface area contributed by atoms with E-state index in [4.69, 9.17) is 0 Å². The molecule has 0 amide bonds. The standard InChI is InChI=1S/C13H22N4O2S2/c1-5-14-11-12(17-6-7-20-13(17)16-11)21(18,19)15-8-10(4)9(2)3/h6-7,9-10,14-15H,5,8H2,1-4H3. The Bertz CT molecular complexity index is 703. The number of nitrogens with zero attached hydrogens (tertiary/aromatic N) is 2. The normalized spacial score (nSPS) is 14.0. The smallest absolute Gasteiger partial charge is 0.260 e. The molecule has 2 heterocycles. The third-order valence-corrected chi connectivity index (χ3v) is 5.75. The van der Waals surface area contributed by atoms with Crippen molar-refractivity contribution in [3.05, 3.63) is 11.6 Å². The summed E-state index contributed by atoms with van der Waals surface area (Å²) in [6, 6.07) is 0. The molecule has 2 aromatic heterocycles. The highest BCUT2D eigenvalue weighted by Crippen LogP contribution is 2.25. The maximum atomic E-state index is 12.6. The minimum Gasteiger partial charge on any atom is -0.368 e. The van der Waals surface area contributed by atoms with Gasteiger partial charge < -0.3 is 5.32 Å². The molecule has 6 nitrogen and oxygen atoms in total. The summed E-state index contributed by atoms with van der Waals surface area (Å²) in [5.41, 5.74) is 0. The first-order valence-electron chi connectivity index (χ1n) is 7.06. The third-order valence-electron chi connectivity index (χ3n) is 3.55. The number of rotatable bonds is 7. The summed E-state index contributed by atoms with van der Waals surface area (Å²) in [7, 11) is -3.60. The average molecular weight is 330 g/mol. The Morgan fingerprint density at radius 2 is 2.10 bits per heavy atom. The molecule has 0 radical (unpaired) electrons. The molecule has 8 heteroatoms. The summed E-state index contributed by atoms with van der Waals surface area (Å²) >= 11 is 1.41. The van der Waals surface area contributed by atoms with E-state index in [2.05, 4.69) is 28.9 Å². The van der Waals surface area contributed by atoms with E-state index in [1.54, 1.807) is 10.6 Å². The highest BCUT2D eigenvalue weighted by atomic mass is 32.2. The van der Waals surface area contributed by atoms with E-state index in [0.717, 1.165) is 0 Å². The van der Waals surface area contributed by atoms with E-state index in [1.807, 2.05) is 19.2 Å². The fourth-order valence-electron chi connectivity index (χ4n) is 1.85. The second-order valence-corrected chi connectivity index (χ2v) is 7.98. The van der Waals surface area contributed by atoms with Crippen LogP contribution < -0.4 is 10.0 Å². The Hall–Kier alpha value is -1.12. The Morgan fingerprint density at radius 3 is 2.71 bits per heavy atom. The van der Waals surface area contributed by atoms with E-state index in [1.165, 1.54) is 11.3 Å². The monoisotopic (exact) mass is 330 g/mol. The van der Waals surface area contributed by atoms with Crippen LogP contribution in [0.1, 0.15) is 27.7 Å². The van der Waals surface area contributed by atoms with E-state index in [9.17, 15) is 8.42 Å². The summed E-state index contributed by atoms with van der Waals surface area (Å²) in [5, 5.41) is 5.04. The molecule has 118 valence electrons. The van der Waals surface area contributed by atoms with Crippen molar-refractivity contribution < 1.29 is 8.42 Å². The van der Waals surface area contributed by atoms with Gasteiger partial charge in [0.05, 0.1) is 0 Å². The molecule has 0 aliphatic carbocycles. The van der Waals surface area contributed by atoms with Gasteiger partial charge in [-0.15, -0.1) is 11.3 Å². The molecule has 1 unspecified atom stereocenters. The second kappa shape index (κ2) is 6.33. The lowest BCUT2D eigenvalue weighted by Gasteiger charge is -2.16. The molecule has 21 heavy (non-hydrogen) atoms. The van der Waals surface area contributed by atoms with Crippen LogP contribution in [0.4, 0.5) is 5.82 Å². The second-order valence-electron chi connectivity index (χ2n) is 5.42. The van der Waals surface area contributed by atoms with Crippen LogP contribution in [-0.4, -0.2) is 30.9 Å². The van der Waals surface area contributed by atoms with Gasteiger partial charge in [-0.2, -0.15) is 0 Å². The number of imidazole rings is 1. The number of hydrogen-bond donors (Lipinski definition) is 2. The Kier molecular flexibility index (Phi) is 4.90. The van der Waals surface area contributed by atoms with Crippen LogP contribution >= 0.6 is 11.3 Å². The molecular weight excluding hydrogens is 308 g/mol. The zero-order valence-corrected chi connectivity index (χ0v) is 14.4. The minimum atomic E-state index is -3.60. The zero-order chi connectivity index (χ0) is 15.6. The number of hydrogen-bond acceptors (Lipinski definition) is 5. The van der Waals surface area contributed by atoms with Gasteiger partial charge in [-0.3, -0.25) is 4.40 Å². The van der Waals surface area contributed by atoms with Crippen LogP contribution in [-0.2, 0) is 10.0 Å². The highest BCUT2D eigenvalue weighted by molar-refractivity contribution is 7.89. The predicted molar refractivity (Wildman–Crippen MR) is 86.4 cm³/mol. The molecule has 0 saturated heterocycles. The minimum absolute atomic E-state index is 0.191. The molecule has 2 aromatic rings. The summed E-state index contributed by atoms with van der Waals surface area (Å²) in [4.78, 5) is 5.01. The number of thiazole rings is 1. The molecular formula is C13H22N4O2S2. The lowest BCUT2D eigenvalue weighted by Crippen LogP contribution is -2.31. The molecule has 0 fully saturated rings. The number of aromatic nitrogens is 2. The van der Waals surface area contributed by atoms with Gasteiger partial charge in [0.2, 0.25) is 0 Å². The summed E-state index contributed by atoms with van der Waals surface area (Å²) in [5.74, 6) is 1.11. The van der Waals surface area contributed by atoms with Crippen molar-refractivity contribution in [2.24, 2.45) is 11.8 Å². The van der Waals surface area contributed by atoms with Crippen molar-refractivity contribution >= 4 is 32.1 Å². The van der Waals surface area contributed by atoms with E-state index in [-0.39, 0.29) is 10.9 Å². The number of sulfonamides is 1. The molecule has 0 aromatic carbocycles. The Morgan fingerprint density at radius 1 is 1.38 bits per heavy atom. The predicted octanol–water partition coefficient (Wildman–Crippen LogP) is 2.40. The van der Waals surface area contributed by atoms with Gasteiger partial charge in [0.1, 0.15) is 0 Å². The fourth-order valence-corrected chi connectivity index (χ4v) is 4.02. The molecule has 0 bridgehead atoms. The van der Waals surface area contributed by atoms with E-state index >= 15 is 0 Å². The molecule has 0 aliphatic heterocycles. The molecule has 2 rings (SSSR count). The quantitative estimate of drug-likeness (QED) is 0.817. The first-order valence-corrected chi connectivity index (χ1v) is 9.42. The van der Waals surface area contributed by atoms with Crippen LogP contribution in [0.15, 0.2) is 16.6 Å². The fraction of sp³-hybridized carbons (Fsp3) is 0.615. The number of anilines is 1. The molecule has 0 aliphatic rings. The summed E-state index contributed by atoms with van der Waals surface area (Å²) < 4.78 is 29.6. The SMILES string of the molecule is CCNc1nc2sccn2c1S(=O)(=O)NCC(C)C(C)C. The van der Waals surface area contributed by atoms with Crippen LogP contribution in [0.2, 0.25) is 0 Å². The van der Waals surface area contributed by atoms with E-state index < -0.39 is 10.0 Å². The van der Waals surface area contributed by atoms with Crippen molar-refractivity contribution in [1.29, 1.82) is 0 Å². The first kappa shape index (κ1) is 16.3. The lowest BCUT2D eigenvalue weighted by atomic mass is 9.99. The Balaban J connectivity index is 2.34. The van der Waals surface area contributed by atoms with Gasteiger partial charge in [-0.05, 0) is 18.8 Å². The van der Waals surface area contributed by atoms with Gasteiger partial charge in [-0.25, -0.2) is 18.1 Å². The Labute approximate surface area is 129 Å². The maximum absolute atomic E-state index is 12.6. The highest BCUT2D eigenvalue weighted by Gasteiger charge is 2.26. The van der Waals surface area contributed by atoms with Crippen molar-refractivity contribution in [2.45, 2.75) is 32.7 Å². The third kappa shape index (κ3) is 3.38.